The van der Waals surface area contributed by atoms with E-state index in [-0.39, 0.29) is 36.8 Å². The Balaban J connectivity index is 1.68. The molecule has 6 heteroatoms. The molecule has 1 heterocycles. The minimum atomic E-state index is -0.870. The summed E-state index contributed by atoms with van der Waals surface area (Å²) in [6.07, 6.45) is 2.36. The molecule has 1 saturated heterocycles. The maximum Gasteiger partial charge on any atom is 0.305 e. The fourth-order valence-corrected chi connectivity index (χ4v) is 3.61. The zero-order valence-electron chi connectivity index (χ0n) is 14.5. The highest BCUT2D eigenvalue weighted by molar-refractivity contribution is 5.83. The molecule has 1 N–H and O–H groups in total. The molecule has 2 fully saturated rings. The molecular weight excluding hydrogens is 322 g/mol. The van der Waals surface area contributed by atoms with Crippen LogP contribution in [0.4, 0.5) is 0 Å². The van der Waals surface area contributed by atoms with Gasteiger partial charge in [-0.25, -0.2) is 0 Å². The standard InChI is InChI=1S/C19H25NO5/c1-24-15-4-2-3-13(11-15)16-12-17(16)19(23)20(8-5-18(21)22)14-6-9-25-10-7-14/h2-4,11,14,16-17H,5-10,12H2,1H3,(H,21,22). The van der Waals surface area contributed by atoms with E-state index in [9.17, 15) is 9.59 Å². The Morgan fingerprint density at radius 1 is 1.32 bits per heavy atom. The summed E-state index contributed by atoms with van der Waals surface area (Å²) in [5.41, 5.74) is 1.11. The van der Waals surface area contributed by atoms with Crippen molar-refractivity contribution in [3.05, 3.63) is 29.8 Å². The van der Waals surface area contributed by atoms with Crippen LogP contribution in [0.2, 0.25) is 0 Å². The second-order valence-electron chi connectivity index (χ2n) is 6.74. The van der Waals surface area contributed by atoms with E-state index in [0.717, 1.165) is 30.6 Å². The zero-order chi connectivity index (χ0) is 17.8. The van der Waals surface area contributed by atoms with Gasteiger partial charge in [0.2, 0.25) is 5.91 Å². The molecule has 0 spiro atoms. The fourth-order valence-electron chi connectivity index (χ4n) is 3.61. The first-order valence-electron chi connectivity index (χ1n) is 8.84. The van der Waals surface area contributed by atoms with Crippen molar-refractivity contribution in [2.45, 2.75) is 37.6 Å². The number of benzene rings is 1. The SMILES string of the molecule is COc1cccc(C2CC2C(=O)N(CCC(=O)O)C2CCOCC2)c1. The van der Waals surface area contributed by atoms with E-state index in [0.29, 0.717) is 13.2 Å². The van der Waals surface area contributed by atoms with E-state index in [1.54, 1.807) is 12.0 Å². The highest BCUT2D eigenvalue weighted by Crippen LogP contribution is 2.49. The molecule has 25 heavy (non-hydrogen) atoms. The summed E-state index contributed by atoms with van der Waals surface area (Å²) in [4.78, 5) is 25.8. The number of carbonyl (C=O) groups excluding carboxylic acids is 1. The summed E-state index contributed by atoms with van der Waals surface area (Å²) in [6, 6.07) is 7.93. The Kier molecular flexibility index (Phi) is 5.58. The number of nitrogens with zero attached hydrogens (tertiary/aromatic N) is 1. The van der Waals surface area contributed by atoms with Gasteiger partial charge in [0.05, 0.1) is 13.5 Å². The van der Waals surface area contributed by atoms with E-state index < -0.39 is 5.97 Å². The van der Waals surface area contributed by atoms with Crippen LogP contribution in [0.5, 0.6) is 5.75 Å². The lowest BCUT2D eigenvalue weighted by Crippen LogP contribution is -2.45. The average molecular weight is 347 g/mol. The van der Waals surface area contributed by atoms with Gasteiger partial charge in [0.25, 0.3) is 0 Å². The van der Waals surface area contributed by atoms with E-state index in [1.807, 2.05) is 24.3 Å². The van der Waals surface area contributed by atoms with Gasteiger partial charge in [-0.2, -0.15) is 0 Å². The van der Waals surface area contributed by atoms with Crippen LogP contribution in [0.25, 0.3) is 0 Å². The third-order valence-electron chi connectivity index (χ3n) is 5.11. The Labute approximate surface area is 147 Å². The van der Waals surface area contributed by atoms with Crippen molar-refractivity contribution in [1.29, 1.82) is 0 Å². The number of carboxylic acid groups (broad SMARTS) is 1. The number of carboxylic acids is 1. The van der Waals surface area contributed by atoms with Gasteiger partial charge in [0.15, 0.2) is 0 Å². The summed E-state index contributed by atoms with van der Waals surface area (Å²) in [7, 11) is 1.63. The summed E-state index contributed by atoms with van der Waals surface area (Å²) >= 11 is 0. The lowest BCUT2D eigenvalue weighted by Gasteiger charge is -2.34. The zero-order valence-corrected chi connectivity index (χ0v) is 14.5. The summed E-state index contributed by atoms with van der Waals surface area (Å²) in [6.45, 7) is 1.54. The summed E-state index contributed by atoms with van der Waals surface area (Å²) < 4.78 is 10.6. The Morgan fingerprint density at radius 3 is 2.76 bits per heavy atom. The largest absolute Gasteiger partial charge is 0.497 e. The fraction of sp³-hybridized carbons (Fsp3) is 0.579. The molecule has 136 valence electrons. The van der Waals surface area contributed by atoms with Gasteiger partial charge in [-0.1, -0.05) is 12.1 Å². The van der Waals surface area contributed by atoms with E-state index in [1.165, 1.54) is 0 Å². The quantitative estimate of drug-likeness (QED) is 0.819. The van der Waals surface area contributed by atoms with E-state index in [4.69, 9.17) is 14.6 Å². The lowest BCUT2D eigenvalue weighted by molar-refractivity contribution is -0.141. The first-order valence-corrected chi connectivity index (χ1v) is 8.84. The molecule has 3 rings (SSSR count). The van der Waals surface area contributed by atoms with Crippen molar-refractivity contribution in [3.63, 3.8) is 0 Å². The van der Waals surface area contributed by atoms with Crippen LogP contribution in [0.15, 0.2) is 24.3 Å². The molecule has 0 aromatic heterocycles. The first-order chi connectivity index (χ1) is 12.1. The van der Waals surface area contributed by atoms with Crippen molar-refractivity contribution >= 4 is 11.9 Å². The topological polar surface area (TPSA) is 76.1 Å². The average Bonchev–Trinajstić information content (AvgIpc) is 3.43. The molecule has 1 amide bonds. The van der Waals surface area contributed by atoms with Gasteiger partial charge in [0.1, 0.15) is 5.75 Å². The van der Waals surface area contributed by atoms with Crippen molar-refractivity contribution in [3.8, 4) is 5.75 Å². The normalized spacial score (nSPS) is 23.1. The predicted octanol–water partition coefficient (Wildman–Crippen LogP) is 2.28. The third kappa shape index (κ3) is 4.31. The van der Waals surface area contributed by atoms with Crippen LogP contribution in [-0.2, 0) is 14.3 Å². The molecular formula is C19H25NO5. The summed E-state index contributed by atoms with van der Waals surface area (Å²) in [5.74, 6) is 0.159. The van der Waals surface area contributed by atoms with Gasteiger partial charge in [-0.15, -0.1) is 0 Å². The summed E-state index contributed by atoms with van der Waals surface area (Å²) in [5, 5.41) is 9.01. The molecule has 1 aromatic rings. The van der Waals surface area contributed by atoms with Crippen LogP contribution in [-0.4, -0.2) is 54.8 Å². The smallest absolute Gasteiger partial charge is 0.305 e. The Hall–Kier alpha value is -2.08. The minimum absolute atomic E-state index is 0.0142. The van der Waals surface area contributed by atoms with E-state index in [2.05, 4.69) is 0 Å². The molecule has 2 atom stereocenters. The molecule has 0 bridgehead atoms. The van der Waals surface area contributed by atoms with Crippen LogP contribution in [0.1, 0.15) is 37.2 Å². The van der Waals surface area contributed by atoms with E-state index >= 15 is 0 Å². The van der Waals surface area contributed by atoms with Crippen molar-refractivity contribution < 1.29 is 24.2 Å². The van der Waals surface area contributed by atoms with Gasteiger partial charge in [0, 0.05) is 31.7 Å². The van der Waals surface area contributed by atoms with Gasteiger partial charge >= 0.3 is 5.97 Å². The molecule has 1 aromatic carbocycles. The molecule has 1 aliphatic carbocycles. The van der Waals surface area contributed by atoms with Crippen LogP contribution < -0.4 is 4.74 Å². The number of hydrogen-bond donors (Lipinski definition) is 1. The number of amides is 1. The number of rotatable bonds is 7. The minimum Gasteiger partial charge on any atom is -0.497 e. The van der Waals surface area contributed by atoms with Gasteiger partial charge in [-0.05, 0) is 42.9 Å². The van der Waals surface area contributed by atoms with Crippen LogP contribution in [0.3, 0.4) is 0 Å². The first kappa shape index (κ1) is 17.7. The highest BCUT2D eigenvalue weighted by atomic mass is 16.5. The monoisotopic (exact) mass is 347 g/mol. The molecule has 0 radical (unpaired) electrons. The second-order valence-corrected chi connectivity index (χ2v) is 6.74. The van der Waals surface area contributed by atoms with Crippen LogP contribution in [0, 0.1) is 5.92 Å². The lowest BCUT2D eigenvalue weighted by atomic mass is 10.0. The van der Waals surface area contributed by atoms with Crippen molar-refractivity contribution in [2.24, 2.45) is 5.92 Å². The van der Waals surface area contributed by atoms with Crippen LogP contribution >= 0.6 is 0 Å². The molecule has 2 unspecified atom stereocenters. The third-order valence-corrected chi connectivity index (χ3v) is 5.11. The predicted molar refractivity (Wildman–Crippen MR) is 91.6 cm³/mol. The maximum atomic E-state index is 13.0. The van der Waals surface area contributed by atoms with Crippen molar-refractivity contribution in [1.82, 2.24) is 4.90 Å². The van der Waals surface area contributed by atoms with Gasteiger partial charge in [-0.3, -0.25) is 9.59 Å². The number of ether oxygens (including phenoxy) is 2. The Bertz CT molecular complexity index is 626. The maximum absolute atomic E-state index is 13.0. The molecule has 2 aliphatic rings. The second kappa shape index (κ2) is 7.87. The molecule has 1 saturated carbocycles. The van der Waals surface area contributed by atoms with Crippen molar-refractivity contribution in [2.75, 3.05) is 26.9 Å². The number of carbonyl (C=O) groups is 2. The number of hydrogen-bond acceptors (Lipinski definition) is 4. The number of aliphatic carboxylic acids is 1. The Morgan fingerprint density at radius 2 is 2.08 bits per heavy atom. The molecule has 1 aliphatic heterocycles. The highest BCUT2D eigenvalue weighted by Gasteiger charge is 2.47. The number of methoxy groups -OCH3 is 1. The van der Waals surface area contributed by atoms with Gasteiger partial charge < -0.3 is 19.5 Å². The molecule has 6 nitrogen and oxygen atoms in total.